The van der Waals surface area contributed by atoms with E-state index in [0.29, 0.717) is 24.5 Å². The van der Waals surface area contributed by atoms with Crippen molar-refractivity contribution in [3.63, 3.8) is 0 Å². The Balaban J connectivity index is 1.88. The zero-order valence-electron chi connectivity index (χ0n) is 14.8. The summed E-state index contributed by atoms with van der Waals surface area (Å²) in [7, 11) is 3.25. The van der Waals surface area contributed by atoms with Crippen molar-refractivity contribution in [2.24, 2.45) is 0 Å². The highest BCUT2D eigenvalue weighted by Gasteiger charge is 2.32. The molecule has 134 valence electrons. The van der Waals surface area contributed by atoms with Gasteiger partial charge in [0.2, 0.25) is 5.91 Å². The summed E-state index contributed by atoms with van der Waals surface area (Å²) < 4.78 is 16.6. The van der Waals surface area contributed by atoms with Gasteiger partial charge in [0.15, 0.2) is 0 Å². The second-order valence-electron chi connectivity index (χ2n) is 5.87. The molecule has 6 heteroatoms. The van der Waals surface area contributed by atoms with Crippen LogP contribution in [0.1, 0.15) is 35.8 Å². The summed E-state index contributed by atoms with van der Waals surface area (Å²) in [5.41, 5.74) is 0.972. The first-order valence-electron chi connectivity index (χ1n) is 8.36. The van der Waals surface area contributed by atoms with E-state index in [4.69, 9.17) is 13.9 Å². The molecule has 0 aliphatic carbocycles. The third-order valence-electron chi connectivity index (χ3n) is 4.23. The standard InChI is InChI=1S/C19H23NO4S/c1-4-14-5-6-17(24-14)19-20(18(21)7-8-25-19)12-13-9-15(22-2)11-16(10-13)23-3/h5-6,9-11,19H,4,7-8,12H2,1-3H3. The Labute approximate surface area is 152 Å². The lowest BCUT2D eigenvalue weighted by atomic mass is 10.1. The van der Waals surface area contributed by atoms with E-state index in [0.717, 1.165) is 29.3 Å². The predicted molar refractivity (Wildman–Crippen MR) is 98.0 cm³/mol. The van der Waals surface area contributed by atoms with Crippen molar-refractivity contribution in [2.45, 2.75) is 31.7 Å². The van der Waals surface area contributed by atoms with Gasteiger partial charge in [0.25, 0.3) is 0 Å². The molecule has 1 amide bonds. The molecular weight excluding hydrogens is 338 g/mol. The fourth-order valence-corrected chi connectivity index (χ4v) is 4.08. The summed E-state index contributed by atoms with van der Waals surface area (Å²) in [6.45, 7) is 2.55. The molecule has 0 bridgehead atoms. The van der Waals surface area contributed by atoms with Gasteiger partial charge >= 0.3 is 0 Å². The summed E-state index contributed by atoms with van der Waals surface area (Å²) in [6, 6.07) is 9.67. The molecule has 0 saturated carbocycles. The molecule has 1 aromatic heterocycles. The van der Waals surface area contributed by atoms with Gasteiger partial charge in [-0.3, -0.25) is 4.79 Å². The topological polar surface area (TPSA) is 51.9 Å². The number of hydrogen-bond donors (Lipinski definition) is 0. The lowest BCUT2D eigenvalue weighted by molar-refractivity contribution is -0.133. The van der Waals surface area contributed by atoms with Gasteiger partial charge in [-0.15, -0.1) is 11.8 Å². The molecule has 0 radical (unpaired) electrons. The quantitative estimate of drug-likeness (QED) is 0.778. The average Bonchev–Trinajstić information content (AvgIpc) is 3.12. The first kappa shape index (κ1) is 17.7. The number of aryl methyl sites for hydroxylation is 1. The van der Waals surface area contributed by atoms with E-state index in [-0.39, 0.29) is 11.3 Å². The number of methoxy groups -OCH3 is 2. The van der Waals surface area contributed by atoms with Crippen molar-refractivity contribution in [3.8, 4) is 11.5 Å². The highest BCUT2D eigenvalue weighted by atomic mass is 32.2. The average molecular weight is 361 g/mol. The maximum absolute atomic E-state index is 12.6. The molecule has 1 aromatic carbocycles. The van der Waals surface area contributed by atoms with Crippen LogP contribution in [0, 0.1) is 0 Å². The molecule has 1 unspecified atom stereocenters. The van der Waals surface area contributed by atoms with Crippen molar-refractivity contribution in [1.29, 1.82) is 0 Å². The minimum absolute atomic E-state index is 0.0984. The van der Waals surface area contributed by atoms with Crippen molar-refractivity contribution < 1.29 is 18.7 Å². The molecule has 2 aromatic rings. The van der Waals surface area contributed by atoms with Crippen LogP contribution in [0.3, 0.4) is 0 Å². The molecule has 2 heterocycles. The Kier molecular flexibility index (Phi) is 5.58. The van der Waals surface area contributed by atoms with Crippen LogP contribution in [0.15, 0.2) is 34.7 Å². The molecule has 1 saturated heterocycles. The Morgan fingerprint density at radius 3 is 2.52 bits per heavy atom. The first-order chi connectivity index (χ1) is 12.1. The van der Waals surface area contributed by atoms with Crippen LogP contribution in [0.5, 0.6) is 11.5 Å². The van der Waals surface area contributed by atoms with Gasteiger partial charge in [-0.1, -0.05) is 6.92 Å². The van der Waals surface area contributed by atoms with E-state index in [1.165, 1.54) is 0 Å². The number of thioether (sulfide) groups is 1. The Morgan fingerprint density at radius 1 is 1.20 bits per heavy atom. The summed E-state index contributed by atoms with van der Waals surface area (Å²) in [5, 5.41) is -0.0984. The summed E-state index contributed by atoms with van der Waals surface area (Å²) >= 11 is 1.74. The van der Waals surface area contributed by atoms with Crippen molar-refractivity contribution in [1.82, 2.24) is 4.90 Å². The zero-order chi connectivity index (χ0) is 17.8. The number of amides is 1. The van der Waals surface area contributed by atoms with Crippen LogP contribution >= 0.6 is 11.8 Å². The molecule has 1 aliphatic rings. The zero-order valence-corrected chi connectivity index (χ0v) is 15.6. The number of ether oxygens (including phenoxy) is 2. The molecule has 0 N–H and O–H groups in total. The molecule has 1 atom stereocenters. The minimum atomic E-state index is -0.0984. The van der Waals surface area contributed by atoms with E-state index in [1.807, 2.05) is 35.2 Å². The van der Waals surface area contributed by atoms with E-state index in [9.17, 15) is 4.79 Å². The Hall–Kier alpha value is -2.08. The third kappa shape index (κ3) is 3.95. The summed E-state index contributed by atoms with van der Waals surface area (Å²) in [4.78, 5) is 14.5. The molecule has 1 aliphatic heterocycles. The smallest absolute Gasteiger partial charge is 0.224 e. The van der Waals surface area contributed by atoms with Gasteiger partial charge in [0.05, 0.1) is 14.2 Å². The summed E-state index contributed by atoms with van der Waals surface area (Å²) in [5.74, 6) is 4.16. The Bertz CT molecular complexity index is 721. The van der Waals surface area contributed by atoms with Crippen LogP contribution < -0.4 is 9.47 Å². The highest BCUT2D eigenvalue weighted by Crippen LogP contribution is 2.39. The molecule has 0 spiro atoms. The van der Waals surface area contributed by atoms with Gasteiger partial charge < -0.3 is 18.8 Å². The van der Waals surface area contributed by atoms with Crippen LogP contribution in [0.25, 0.3) is 0 Å². The molecular formula is C19H23NO4S. The SMILES string of the molecule is CCc1ccc(C2SCCC(=O)N2Cc2cc(OC)cc(OC)c2)o1. The molecule has 1 fully saturated rings. The number of nitrogens with zero attached hydrogens (tertiary/aromatic N) is 1. The van der Waals surface area contributed by atoms with E-state index in [1.54, 1.807) is 26.0 Å². The van der Waals surface area contributed by atoms with Crippen molar-refractivity contribution in [3.05, 3.63) is 47.4 Å². The number of rotatable bonds is 6. The molecule has 3 rings (SSSR count). The lowest BCUT2D eigenvalue weighted by Crippen LogP contribution is -2.36. The fraction of sp³-hybridized carbons (Fsp3) is 0.421. The van der Waals surface area contributed by atoms with Crippen LogP contribution in [0.2, 0.25) is 0 Å². The summed E-state index contributed by atoms with van der Waals surface area (Å²) in [6.07, 6.45) is 1.39. The van der Waals surface area contributed by atoms with Crippen LogP contribution in [-0.2, 0) is 17.8 Å². The van der Waals surface area contributed by atoms with Gasteiger partial charge in [0.1, 0.15) is 28.4 Å². The number of hydrogen-bond acceptors (Lipinski definition) is 5. The first-order valence-corrected chi connectivity index (χ1v) is 9.41. The molecule has 25 heavy (non-hydrogen) atoms. The second-order valence-corrected chi connectivity index (χ2v) is 7.06. The van der Waals surface area contributed by atoms with Crippen molar-refractivity contribution >= 4 is 17.7 Å². The number of carbonyl (C=O) groups is 1. The van der Waals surface area contributed by atoms with E-state index in [2.05, 4.69) is 6.92 Å². The predicted octanol–water partition coefficient (Wildman–Crippen LogP) is 4.02. The maximum atomic E-state index is 12.6. The van der Waals surface area contributed by atoms with Crippen molar-refractivity contribution in [2.75, 3.05) is 20.0 Å². The van der Waals surface area contributed by atoms with Gasteiger partial charge in [-0.05, 0) is 29.8 Å². The van der Waals surface area contributed by atoms with Gasteiger partial charge in [0, 0.05) is 31.2 Å². The number of furan rings is 1. The van der Waals surface area contributed by atoms with Crippen LogP contribution in [-0.4, -0.2) is 30.8 Å². The molecule has 5 nitrogen and oxygen atoms in total. The second kappa shape index (κ2) is 7.87. The normalized spacial score (nSPS) is 17.6. The minimum Gasteiger partial charge on any atom is -0.497 e. The highest BCUT2D eigenvalue weighted by molar-refractivity contribution is 7.99. The lowest BCUT2D eigenvalue weighted by Gasteiger charge is -2.34. The third-order valence-corrected chi connectivity index (χ3v) is 5.48. The van der Waals surface area contributed by atoms with Gasteiger partial charge in [-0.25, -0.2) is 0 Å². The van der Waals surface area contributed by atoms with Crippen LogP contribution in [0.4, 0.5) is 0 Å². The Morgan fingerprint density at radius 2 is 1.92 bits per heavy atom. The fourth-order valence-electron chi connectivity index (χ4n) is 2.90. The largest absolute Gasteiger partial charge is 0.497 e. The van der Waals surface area contributed by atoms with E-state index >= 15 is 0 Å². The maximum Gasteiger partial charge on any atom is 0.224 e. The number of benzene rings is 1. The van der Waals surface area contributed by atoms with E-state index < -0.39 is 0 Å². The van der Waals surface area contributed by atoms with Gasteiger partial charge in [-0.2, -0.15) is 0 Å². The monoisotopic (exact) mass is 361 g/mol. The number of carbonyl (C=O) groups excluding carboxylic acids is 1.